The third kappa shape index (κ3) is 2.23. The number of rotatable bonds is 0. The predicted molar refractivity (Wildman–Crippen MR) is 96.0 cm³/mol. The van der Waals surface area contributed by atoms with Gasteiger partial charge in [-0.15, -0.1) is 0 Å². The zero-order valence-corrected chi connectivity index (χ0v) is 15.2. The summed E-state index contributed by atoms with van der Waals surface area (Å²) in [4.78, 5) is 27.5. The number of aryl methyl sites for hydroxylation is 2. The molecule has 2 aromatic rings. The molecule has 0 saturated carbocycles. The van der Waals surface area contributed by atoms with Gasteiger partial charge in [0, 0.05) is 39.8 Å². The summed E-state index contributed by atoms with van der Waals surface area (Å²) in [6, 6.07) is 0.466. The molecule has 0 spiro atoms. The van der Waals surface area contributed by atoms with E-state index in [1.807, 2.05) is 11.9 Å². The quantitative estimate of drug-likeness (QED) is 0.701. The molecule has 134 valence electrons. The maximum atomic E-state index is 15.0. The third-order valence-corrected chi connectivity index (χ3v) is 5.58. The molecule has 0 bridgehead atoms. The van der Waals surface area contributed by atoms with Crippen molar-refractivity contribution >= 4 is 22.5 Å². The van der Waals surface area contributed by atoms with Crippen LogP contribution in [0.1, 0.15) is 12.6 Å². The van der Waals surface area contributed by atoms with Gasteiger partial charge in [-0.1, -0.05) is 0 Å². The van der Waals surface area contributed by atoms with Crippen LogP contribution >= 0.6 is 0 Å². The van der Waals surface area contributed by atoms with Crippen molar-refractivity contribution in [1.29, 1.82) is 0 Å². The summed E-state index contributed by atoms with van der Waals surface area (Å²) >= 11 is 0. The number of halogens is 1. The first-order chi connectivity index (χ1) is 11.8. The summed E-state index contributed by atoms with van der Waals surface area (Å²) in [7, 11) is 5.63. The number of piperazine rings is 1. The molecule has 0 aromatic carbocycles. The Morgan fingerprint density at radius 1 is 1.12 bits per heavy atom. The Hall–Kier alpha value is -2.22. The number of pyridine rings is 1. The molecule has 1 saturated heterocycles. The van der Waals surface area contributed by atoms with Gasteiger partial charge < -0.3 is 9.80 Å². The lowest BCUT2D eigenvalue weighted by molar-refractivity contribution is 0.201. The zero-order chi connectivity index (χ0) is 18.0. The monoisotopic (exact) mass is 346 g/mol. The molecule has 4 rings (SSSR count). The van der Waals surface area contributed by atoms with Crippen molar-refractivity contribution in [2.75, 3.05) is 43.5 Å². The van der Waals surface area contributed by atoms with Gasteiger partial charge in [0.15, 0.2) is 5.82 Å². The first-order valence-electron chi connectivity index (χ1n) is 8.54. The van der Waals surface area contributed by atoms with Gasteiger partial charge in [-0.05, 0) is 20.9 Å². The minimum absolute atomic E-state index is 0.140. The first-order valence-corrected chi connectivity index (χ1v) is 8.54. The van der Waals surface area contributed by atoms with Gasteiger partial charge in [0.05, 0.1) is 22.8 Å². The van der Waals surface area contributed by atoms with Crippen molar-refractivity contribution in [2.24, 2.45) is 7.05 Å². The molecule has 0 N–H and O–H groups in total. The lowest BCUT2D eigenvalue weighted by atomic mass is 10.1. The molecule has 2 atom stereocenters. The Kier molecular flexibility index (Phi) is 3.50. The molecular weight excluding hydrogens is 323 g/mol. The number of nitrogens with zero attached hydrogens (tertiary/aromatic N) is 6. The van der Waals surface area contributed by atoms with Crippen molar-refractivity contribution in [3.8, 4) is 0 Å². The number of hydrogen-bond acceptors (Lipinski definition) is 6. The SMILES string of the molecule is Cc1nc2c3c(nc(=O)n2C)N2CC(C)N(C)CC2CN(C)c3c1F. The molecule has 0 aliphatic carbocycles. The Morgan fingerprint density at radius 2 is 1.84 bits per heavy atom. The normalized spacial score (nSPS) is 23.8. The number of likely N-dealkylation sites (N-methyl/N-ethyl adjacent to an activating group) is 2. The van der Waals surface area contributed by atoms with E-state index in [0.29, 0.717) is 40.8 Å². The highest BCUT2D eigenvalue weighted by Gasteiger charge is 2.37. The molecule has 8 heteroatoms. The van der Waals surface area contributed by atoms with Gasteiger partial charge in [-0.25, -0.2) is 14.2 Å². The number of anilines is 2. The van der Waals surface area contributed by atoms with Crippen LogP contribution in [0, 0.1) is 12.7 Å². The molecule has 25 heavy (non-hydrogen) atoms. The average Bonchev–Trinajstić information content (AvgIpc) is 2.66. The first kappa shape index (κ1) is 16.3. The van der Waals surface area contributed by atoms with E-state index in [9.17, 15) is 9.18 Å². The van der Waals surface area contributed by atoms with Crippen molar-refractivity contribution in [2.45, 2.75) is 25.9 Å². The summed E-state index contributed by atoms with van der Waals surface area (Å²) < 4.78 is 16.4. The molecule has 1 fully saturated rings. The molecule has 2 aromatic heterocycles. The Balaban J connectivity index is 2.09. The van der Waals surface area contributed by atoms with Crippen LogP contribution in [-0.2, 0) is 7.05 Å². The van der Waals surface area contributed by atoms with Crippen LogP contribution in [0.2, 0.25) is 0 Å². The summed E-state index contributed by atoms with van der Waals surface area (Å²) in [5.74, 6) is 0.228. The largest absolute Gasteiger partial charge is 0.369 e. The van der Waals surface area contributed by atoms with E-state index >= 15 is 0 Å². The van der Waals surface area contributed by atoms with Gasteiger partial charge in [0.1, 0.15) is 11.5 Å². The Bertz CT molecular complexity index is 926. The number of aromatic nitrogens is 3. The average molecular weight is 346 g/mol. The van der Waals surface area contributed by atoms with E-state index in [1.54, 1.807) is 14.0 Å². The highest BCUT2D eigenvalue weighted by Crippen LogP contribution is 2.39. The minimum atomic E-state index is -0.359. The maximum absolute atomic E-state index is 15.0. The third-order valence-electron chi connectivity index (χ3n) is 5.58. The van der Waals surface area contributed by atoms with Crippen LogP contribution in [0.15, 0.2) is 4.79 Å². The van der Waals surface area contributed by atoms with Crippen molar-refractivity contribution < 1.29 is 4.39 Å². The van der Waals surface area contributed by atoms with E-state index < -0.39 is 0 Å². The summed E-state index contributed by atoms with van der Waals surface area (Å²) in [6.07, 6.45) is 0. The molecule has 0 amide bonds. The fourth-order valence-electron chi connectivity index (χ4n) is 3.98. The van der Waals surface area contributed by atoms with Crippen molar-refractivity contribution in [3.63, 3.8) is 0 Å². The molecule has 2 unspecified atom stereocenters. The van der Waals surface area contributed by atoms with E-state index in [0.717, 1.165) is 13.1 Å². The van der Waals surface area contributed by atoms with Crippen LogP contribution in [-0.4, -0.2) is 65.2 Å². The van der Waals surface area contributed by atoms with Crippen LogP contribution in [0.25, 0.3) is 11.0 Å². The van der Waals surface area contributed by atoms with E-state index in [2.05, 4.69) is 33.7 Å². The summed E-state index contributed by atoms with van der Waals surface area (Å²) in [5.41, 5.74) is 0.919. The topological polar surface area (TPSA) is 57.5 Å². The summed E-state index contributed by atoms with van der Waals surface area (Å²) in [6.45, 7) is 6.04. The second kappa shape index (κ2) is 5.39. The molecule has 0 radical (unpaired) electrons. The van der Waals surface area contributed by atoms with E-state index in [4.69, 9.17) is 0 Å². The molecule has 2 aliphatic rings. The second-order valence-corrected chi connectivity index (χ2v) is 7.31. The smallest absolute Gasteiger partial charge is 0.350 e. The Morgan fingerprint density at radius 3 is 2.56 bits per heavy atom. The van der Waals surface area contributed by atoms with Gasteiger partial charge in [0.2, 0.25) is 0 Å². The minimum Gasteiger partial charge on any atom is -0.369 e. The molecule has 7 nitrogen and oxygen atoms in total. The van der Waals surface area contributed by atoms with Crippen LogP contribution in [0.4, 0.5) is 15.9 Å². The molecular formula is C17H23FN6O. The van der Waals surface area contributed by atoms with Gasteiger partial charge in [-0.3, -0.25) is 9.47 Å². The summed E-state index contributed by atoms with van der Waals surface area (Å²) in [5, 5.41) is 0.631. The molecule has 2 aliphatic heterocycles. The van der Waals surface area contributed by atoms with Crippen molar-refractivity contribution in [3.05, 3.63) is 22.0 Å². The zero-order valence-electron chi connectivity index (χ0n) is 15.2. The second-order valence-electron chi connectivity index (χ2n) is 7.31. The standard InChI is InChI=1S/C17H23FN6O/c1-9-6-24-11(7-21(9)3)8-22(4)14-12-15(19-10(2)13(14)18)23(5)17(25)20-16(12)24/h9,11H,6-8H2,1-5H3. The maximum Gasteiger partial charge on any atom is 0.350 e. The van der Waals surface area contributed by atoms with Crippen LogP contribution in [0.3, 0.4) is 0 Å². The van der Waals surface area contributed by atoms with Gasteiger partial charge >= 0.3 is 5.69 Å². The number of hydrogen-bond donors (Lipinski definition) is 0. The Labute approximate surface area is 145 Å². The van der Waals surface area contributed by atoms with Gasteiger partial charge in [0.25, 0.3) is 0 Å². The van der Waals surface area contributed by atoms with E-state index in [1.165, 1.54) is 4.57 Å². The lowest BCUT2D eigenvalue weighted by Gasteiger charge is -2.44. The lowest BCUT2D eigenvalue weighted by Crippen LogP contribution is -2.59. The van der Waals surface area contributed by atoms with Crippen molar-refractivity contribution in [1.82, 2.24) is 19.4 Å². The predicted octanol–water partition coefficient (Wildman–Crippen LogP) is 0.735. The van der Waals surface area contributed by atoms with Crippen LogP contribution in [0.5, 0.6) is 0 Å². The highest BCUT2D eigenvalue weighted by atomic mass is 19.1. The van der Waals surface area contributed by atoms with Crippen LogP contribution < -0.4 is 15.5 Å². The number of fused-ring (bicyclic) bond motifs is 2. The van der Waals surface area contributed by atoms with E-state index in [-0.39, 0.29) is 17.5 Å². The highest BCUT2D eigenvalue weighted by molar-refractivity contribution is 6.00. The van der Waals surface area contributed by atoms with Gasteiger partial charge in [-0.2, -0.15) is 4.98 Å². The fourth-order valence-corrected chi connectivity index (χ4v) is 3.98. The molecule has 4 heterocycles. The fraction of sp³-hybridized carbons (Fsp3) is 0.588.